The first-order valence-electron chi connectivity index (χ1n) is 12.6. The van der Waals surface area contributed by atoms with Crippen LogP contribution in [-0.4, -0.2) is 43.3 Å². The third-order valence-electron chi connectivity index (χ3n) is 7.11. The van der Waals surface area contributed by atoms with Gasteiger partial charge in [-0.25, -0.2) is 0 Å². The van der Waals surface area contributed by atoms with Crippen LogP contribution in [0.15, 0.2) is 54.6 Å². The Morgan fingerprint density at radius 2 is 1.73 bits per heavy atom. The van der Waals surface area contributed by atoms with Gasteiger partial charge >= 0.3 is 0 Å². The molecule has 0 radical (unpaired) electrons. The quantitative estimate of drug-likeness (QED) is 0.529. The molecule has 2 atom stereocenters. The minimum atomic E-state index is -0.620. The zero-order valence-electron chi connectivity index (χ0n) is 20.8. The van der Waals surface area contributed by atoms with Crippen molar-refractivity contribution in [1.82, 2.24) is 4.90 Å². The van der Waals surface area contributed by atoms with Crippen LogP contribution < -0.4 is 24.3 Å². The summed E-state index contributed by atoms with van der Waals surface area (Å²) < 4.78 is 22.6. The summed E-state index contributed by atoms with van der Waals surface area (Å²) >= 11 is 0. The van der Waals surface area contributed by atoms with Gasteiger partial charge < -0.3 is 29.2 Å². The average molecular weight is 501 g/mol. The second-order valence-electron chi connectivity index (χ2n) is 9.18. The summed E-state index contributed by atoms with van der Waals surface area (Å²) in [6.07, 6.45) is 0.669. The van der Waals surface area contributed by atoms with Crippen molar-refractivity contribution in [2.45, 2.75) is 32.2 Å². The van der Waals surface area contributed by atoms with Gasteiger partial charge in [0, 0.05) is 23.9 Å². The third kappa shape index (κ3) is 3.93. The predicted octanol–water partition coefficient (Wildman–Crippen LogP) is 4.69. The summed E-state index contributed by atoms with van der Waals surface area (Å²) in [4.78, 5) is 29.4. The van der Waals surface area contributed by atoms with Gasteiger partial charge in [0.1, 0.15) is 0 Å². The summed E-state index contributed by atoms with van der Waals surface area (Å²) in [5.41, 5.74) is 3.84. The van der Waals surface area contributed by atoms with Gasteiger partial charge in [0.2, 0.25) is 12.7 Å². The molecule has 0 unspecified atom stereocenters. The number of carbonyl (C=O) groups is 2. The number of hydrogen-bond donors (Lipinski definition) is 1. The van der Waals surface area contributed by atoms with Crippen LogP contribution in [0.5, 0.6) is 23.0 Å². The number of anilines is 1. The maximum Gasteiger partial charge on any atom is 0.254 e. The van der Waals surface area contributed by atoms with E-state index in [1.807, 2.05) is 49.1 Å². The first-order valence-corrected chi connectivity index (χ1v) is 12.6. The van der Waals surface area contributed by atoms with Gasteiger partial charge in [0.25, 0.3) is 5.91 Å². The van der Waals surface area contributed by atoms with Gasteiger partial charge in [-0.15, -0.1) is 0 Å². The molecule has 0 aromatic heterocycles. The number of hydrogen-bond acceptors (Lipinski definition) is 6. The second kappa shape index (κ2) is 9.35. The minimum absolute atomic E-state index is 0.0646. The molecule has 3 heterocycles. The summed E-state index contributed by atoms with van der Waals surface area (Å²) in [6.45, 7) is 5.51. The molecule has 6 rings (SSSR count). The third-order valence-corrected chi connectivity index (χ3v) is 7.11. The highest BCUT2D eigenvalue weighted by Crippen LogP contribution is 2.49. The molecule has 0 bridgehead atoms. The Morgan fingerprint density at radius 3 is 2.54 bits per heavy atom. The molecule has 1 N–H and O–H groups in total. The fraction of sp³-hybridized carbons (Fsp3) is 0.310. The van der Waals surface area contributed by atoms with Crippen molar-refractivity contribution in [2.75, 3.05) is 31.9 Å². The lowest BCUT2D eigenvalue weighted by Crippen LogP contribution is -2.49. The van der Waals surface area contributed by atoms with Crippen LogP contribution in [0.2, 0.25) is 0 Å². The fourth-order valence-electron chi connectivity index (χ4n) is 5.55. The van der Waals surface area contributed by atoms with Crippen LogP contribution in [0.1, 0.15) is 52.9 Å². The van der Waals surface area contributed by atoms with Crippen LogP contribution in [0, 0.1) is 0 Å². The molecule has 0 saturated carbocycles. The molecule has 0 saturated heterocycles. The largest absolute Gasteiger partial charge is 0.490 e. The lowest BCUT2D eigenvalue weighted by Gasteiger charge is -2.45. The van der Waals surface area contributed by atoms with Gasteiger partial charge in [-0.1, -0.05) is 18.2 Å². The van der Waals surface area contributed by atoms with Gasteiger partial charge in [-0.05, 0) is 67.3 Å². The summed E-state index contributed by atoms with van der Waals surface area (Å²) in [5, 5.41) is 3.06. The molecule has 3 aromatic carbocycles. The number of fused-ring (bicyclic) bond motifs is 5. The van der Waals surface area contributed by atoms with Crippen LogP contribution in [0.25, 0.3) is 0 Å². The van der Waals surface area contributed by atoms with Crippen molar-refractivity contribution >= 4 is 17.5 Å². The Labute approximate surface area is 215 Å². The van der Waals surface area contributed by atoms with Crippen LogP contribution in [0.4, 0.5) is 5.69 Å². The SMILES string of the molecule is CCOc1cc2c(cc1OCC)[C@@H]1[C@@H](C(=O)Nc3ccc4c(c3)OCO4)c3ccccc3C(=O)N1CC2. The standard InChI is InChI=1S/C29H28N2O6/c1-3-34-23-13-17-11-12-31-27(21(17)15-25(23)35-4-2)26(19-7-5-6-8-20(19)29(31)33)28(32)30-18-9-10-22-24(14-18)37-16-36-22/h5-10,13-15,26-27H,3-4,11-12,16H2,1-2H3,(H,30,32)/t26-,27+/m0/s1. The van der Waals surface area contributed by atoms with E-state index in [9.17, 15) is 9.59 Å². The van der Waals surface area contributed by atoms with Gasteiger partial charge in [0.15, 0.2) is 23.0 Å². The van der Waals surface area contributed by atoms with Crippen molar-refractivity contribution in [3.63, 3.8) is 0 Å². The zero-order chi connectivity index (χ0) is 25.5. The number of amides is 2. The number of carbonyl (C=O) groups excluding carboxylic acids is 2. The second-order valence-corrected chi connectivity index (χ2v) is 9.18. The van der Waals surface area contributed by atoms with Crippen molar-refractivity contribution in [2.24, 2.45) is 0 Å². The van der Waals surface area contributed by atoms with E-state index >= 15 is 0 Å². The average Bonchev–Trinajstić information content (AvgIpc) is 3.37. The summed E-state index contributed by atoms with van der Waals surface area (Å²) in [7, 11) is 0. The Bertz CT molecular complexity index is 1390. The molecule has 3 aliphatic rings. The van der Waals surface area contributed by atoms with E-state index in [0.717, 1.165) is 11.1 Å². The Hall–Kier alpha value is -4.20. The van der Waals surface area contributed by atoms with Gasteiger partial charge in [-0.2, -0.15) is 0 Å². The van der Waals surface area contributed by atoms with Gasteiger partial charge in [0.05, 0.1) is 25.2 Å². The van der Waals surface area contributed by atoms with Crippen molar-refractivity contribution < 1.29 is 28.5 Å². The molecule has 0 spiro atoms. The minimum Gasteiger partial charge on any atom is -0.490 e. The Morgan fingerprint density at radius 1 is 0.973 bits per heavy atom. The first kappa shape index (κ1) is 23.2. The Balaban J connectivity index is 1.45. The highest BCUT2D eigenvalue weighted by atomic mass is 16.7. The van der Waals surface area contributed by atoms with E-state index in [1.54, 1.807) is 24.3 Å². The van der Waals surface area contributed by atoms with Crippen LogP contribution >= 0.6 is 0 Å². The molecule has 3 aromatic rings. The van der Waals surface area contributed by atoms with Gasteiger partial charge in [-0.3, -0.25) is 9.59 Å². The zero-order valence-corrected chi connectivity index (χ0v) is 20.8. The van der Waals surface area contributed by atoms with Crippen LogP contribution in [0.3, 0.4) is 0 Å². The number of benzene rings is 3. The maximum absolute atomic E-state index is 14.0. The smallest absolute Gasteiger partial charge is 0.254 e. The summed E-state index contributed by atoms with van der Waals surface area (Å²) in [6, 6.07) is 16.2. The number of nitrogens with zero attached hydrogens (tertiary/aromatic N) is 1. The Kier molecular flexibility index (Phi) is 5.87. The molecular formula is C29H28N2O6. The predicted molar refractivity (Wildman–Crippen MR) is 137 cm³/mol. The maximum atomic E-state index is 14.0. The van der Waals surface area contributed by atoms with Crippen LogP contribution in [-0.2, 0) is 11.2 Å². The van der Waals surface area contributed by atoms with E-state index in [1.165, 1.54) is 0 Å². The molecule has 37 heavy (non-hydrogen) atoms. The van der Waals surface area contributed by atoms with E-state index in [2.05, 4.69) is 5.32 Å². The highest BCUT2D eigenvalue weighted by Gasteiger charge is 2.46. The molecular weight excluding hydrogens is 472 g/mol. The summed E-state index contributed by atoms with van der Waals surface area (Å²) in [5.74, 6) is 1.65. The topological polar surface area (TPSA) is 86.3 Å². The van der Waals surface area contributed by atoms with Crippen molar-refractivity contribution in [3.05, 3.63) is 76.9 Å². The number of ether oxygens (including phenoxy) is 4. The molecule has 8 nitrogen and oxygen atoms in total. The normalized spacial score (nSPS) is 19.0. The lowest BCUT2D eigenvalue weighted by molar-refractivity contribution is -0.119. The van der Waals surface area contributed by atoms with Crippen molar-refractivity contribution in [1.29, 1.82) is 0 Å². The molecule has 190 valence electrons. The van der Waals surface area contributed by atoms with Crippen molar-refractivity contribution in [3.8, 4) is 23.0 Å². The number of nitrogens with one attached hydrogen (secondary N) is 1. The molecule has 0 aliphatic carbocycles. The van der Waals surface area contributed by atoms with E-state index in [4.69, 9.17) is 18.9 Å². The van der Waals surface area contributed by atoms with E-state index < -0.39 is 12.0 Å². The molecule has 8 heteroatoms. The fourth-order valence-corrected chi connectivity index (χ4v) is 5.55. The monoisotopic (exact) mass is 500 g/mol. The van der Waals surface area contributed by atoms with E-state index in [0.29, 0.717) is 66.0 Å². The lowest BCUT2D eigenvalue weighted by atomic mass is 9.75. The highest BCUT2D eigenvalue weighted by molar-refractivity contribution is 6.04. The molecule has 0 fully saturated rings. The molecule has 3 aliphatic heterocycles. The first-order chi connectivity index (χ1) is 18.1. The number of rotatable bonds is 6. The van der Waals surface area contributed by atoms with E-state index in [-0.39, 0.29) is 18.6 Å². The molecule has 2 amide bonds.